The zero-order chi connectivity index (χ0) is 8.81. The predicted octanol–water partition coefficient (Wildman–Crippen LogP) is 0.916. The van der Waals surface area contributed by atoms with Crippen LogP contribution < -0.4 is 10.6 Å². The summed E-state index contributed by atoms with van der Waals surface area (Å²) >= 11 is 4.90. The van der Waals surface area contributed by atoms with Crippen LogP contribution in [0, 0.1) is 0 Å². The Labute approximate surface area is 77.1 Å². The topological polar surface area (TPSA) is 37.2 Å². The van der Waals surface area contributed by atoms with Crippen molar-refractivity contribution in [2.45, 2.75) is 6.42 Å². The number of rotatable bonds is 3. The number of furan rings is 1. The normalized spacial score (nSPS) is 9.42. The van der Waals surface area contributed by atoms with E-state index in [-0.39, 0.29) is 0 Å². The van der Waals surface area contributed by atoms with Gasteiger partial charge < -0.3 is 15.1 Å². The minimum absolute atomic E-state index is 0.668. The average Bonchev–Trinajstić information content (AvgIpc) is 2.57. The van der Waals surface area contributed by atoms with Crippen LogP contribution in [0.2, 0.25) is 0 Å². The summed E-state index contributed by atoms with van der Waals surface area (Å²) in [4.78, 5) is 0. The van der Waals surface area contributed by atoms with E-state index in [0.29, 0.717) is 5.11 Å². The van der Waals surface area contributed by atoms with Gasteiger partial charge in [-0.1, -0.05) is 0 Å². The van der Waals surface area contributed by atoms with Gasteiger partial charge in [0, 0.05) is 20.0 Å². The van der Waals surface area contributed by atoms with Crippen LogP contribution in [0.4, 0.5) is 0 Å². The van der Waals surface area contributed by atoms with E-state index in [1.807, 2.05) is 12.1 Å². The summed E-state index contributed by atoms with van der Waals surface area (Å²) in [6.07, 6.45) is 2.53. The van der Waals surface area contributed by atoms with Crippen molar-refractivity contribution in [3.05, 3.63) is 24.2 Å². The lowest BCUT2D eigenvalue weighted by atomic mass is 10.3. The van der Waals surface area contributed by atoms with E-state index in [1.165, 1.54) is 0 Å². The molecule has 0 unspecified atom stereocenters. The highest BCUT2D eigenvalue weighted by Crippen LogP contribution is 1.99. The fourth-order valence-corrected chi connectivity index (χ4v) is 0.945. The third kappa shape index (κ3) is 2.92. The molecule has 0 bridgehead atoms. The standard InChI is InChI=1S/C8H12N2OS/c1-9-8(12)10-5-4-7-3-2-6-11-7/h2-3,6H,4-5H2,1H3,(H2,9,10,12). The first-order valence-electron chi connectivity index (χ1n) is 3.81. The molecule has 4 heteroatoms. The molecule has 0 radical (unpaired) electrons. The molecular formula is C8H12N2OS. The maximum atomic E-state index is 5.15. The van der Waals surface area contributed by atoms with E-state index in [1.54, 1.807) is 13.3 Å². The molecule has 1 rings (SSSR count). The predicted molar refractivity (Wildman–Crippen MR) is 52.1 cm³/mol. The lowest BCUT2D eigenvalue weighted by Crippen LogP contribution is -2.33. The van der Waals surface area contributed by atoms with E-state index < -0.39 is 0 Å². The molecule has 3 nitrogen and oxygen atoms in total. The van der Waals surface area contributed by atoms with Crippen LogP contribution in [-0.2, 0) is 6.42 Å². The summed E-state index contributed by atoms with van der Waals surface area (Å²) in [7, 11) is 1.79. The molecule has 2 N–H and O–H groups in total. The molecule has 0 aliphatic heterocycles. The van der Waals surface area contributed by atoms with Crippen molar-refractivity contribution in [2.24, 2.45) is 0 Å². The summed E-state index contributed by atoms with van der Waals surface area (Å²) in [5, 5.41) is 6.53. The average molecular weight is 184 g/mol. The number of nitrogens with one attached hydrogen (secondary N) is 2. The molecule has 12 heavy (non-hydrogen) atoms. The largest absolute Gasteiger partial charge is 0.469 e. The van der Waals surface area contributed by atoms with Crippen molar-refractivity contribution in [1.29, 1.82) is 0 Å². The maximum Gasteiger partial charge on any atom is 0.166 e. The van der Waals surface area contributed by atoms with Crippen molar-refractivity contribution in [2.75, 3.05) is 13.6 Å². The monoisotopic (exact) mass is 184 g/mol. The van der Waals surface area contributed by atoms with E-state index in [2.05, 4.69) is 10.6 Å². The van der Waals surface area contributed by atoms with Gasteiger partial charge in [0.2, 0.25) is 0 Å². The first-order chi connectivity index (χ1) is 5.83. The molecule has 0 atom stereocenters. The minimum Gasteiger partial charge on any atom is -0.469 e. The van der Waals surface area contributed by atoms with Crippen LogP contribution in [0.1, 0.15) is 5.76 Å². The van der Waals surface area contributed by atoms with Gasteiger partial charge in [-0.15, -0.1) is 0 Å². The van der Waals surface area contributed by atoms with Gasteiger partial charge >= 0.3 is 0 Å². The molecule has 0 saturated heterocycles. The first kappa shape index (κ1) is 9.06. The van der Waals surface area contributed by atoms with Gasteiger partial charge in [0.1, 0.15) is 5.76 Å². The Morgan fingerprint density at radius 2 is 2.50 bits per heavy atom. The Kier molecular flexibility index (Phi) is 3.60. The molecule has 0 spiro atoms. The number of hydrogen-bond donors (Lipinski definition) is 2. The molecule has 1 aromatic rings. The van der Waals surface area contributed by atoms with Crippen LogP contribution in [-0.4, -0.2) is 18.7 Å². The Morgan fingerprint density at radius 1 is 1.67 bits per heavy atom. The highest BCUT2D eigenvalue weighted by molar-refractivity contribution is 7.80. The van der Waals surface area contributed by atoms with Gasteiger partial charge in [-0.05, 0) is 24.4 Å². The van der Waals surface area contributed by atoms with Crippen LogP contribution in [0.15, 0.2) is 22.8 Å². The van der Waals surface area contributed by atoms with Crippen LogP contribution >= 0.6 is 12.2 Å². The van der Waals surface area contributed by atoms with Gasteiger partial charge in [-0.3, -0.25) is 0 Å². The van der Waals surface area contributed by atoms with Crippen molar-refractivity contribution < 1.29 is 4.42 Å². The highest BCUT2D eigenvalue weighted by Gasteiger charge is 1.95. The zero-order valence-electron chi connectivity index (χ0n) is 6.96. The molecule has 0 amide bonds. The summed E-state index contributed by atoms with van der Waals surface area (Å²) in [5.41, 5.74) is 0. The minimum atomic E-state index is 0.668. The molecule has 0 fully saturated rings. The van der Waals surface area contributed by atoms with Gasteiger partial charge in [-0.2, -0.15) is 0 Å². The van der Waals surface area contributed by atoms with Crippen LogP contribution in [0.3, 0.4) is 0 Å². The number of thiocarbonyl (C=S) groups is 1. The molecule has 0 aliphatic rings. The van der Waals surface area contributed by atoms with Crippen LogP contribution in [0.25, 0.3) is 0 Å². The maximum absolute atomic E-state index is 5.15. The van der Waals surface area contributed by atoms with Gasteiger partial charge in [0.15, 0.2) is 5.11 Å². The van der Waals surface area contributed by atoms with E-state index in [0.717, 1.165) is 18.7 Å². The smallest absolute Gasteiger partial charge is 0.166 e. The Bertz CT molecular complexity index is 233. The quantitative estimate of drug-likeness (QED) is 0.685. The fraction of sp³-hybridized carbons (Fsp3) is 0.375. The molecule has 1 heterocycles. The van der Waals surface area contributed by atoms with Crippen molar-refractivity contribution >= 4 is 17.3 Å². The van der Waals surface area contributed by atoms with Gasteiger partial charge in [-0.25, -0.2) is 0 Å². The highest BCUT2D eigenvalue weighted by atomic mass is 32.1. The molecule has 0 saturated carbocycles. The Balaban J connectivity index is 2.15. The SMILES string of the molecule is CNC(=S)NCCc1ccco1. The third-order valence-electron chi connectivity index (χ3n) is 1.46. The summed E-state index contributed by atoms with van der Waals surface area (Å²) in [5.74, 6) is 0.974. The fourth-order valence-electron chi connectivity index (χ4n) is 0.842. The first-order valence-corrected chi connectivity index (χ1v) is 4.21. The van der Waals surface area contributed by atoms with Crippen molar-refractivity contribution in [3.63, 3.8) is 0 Å². The molecule has 0 aliphatic carbocycles. The second-order valence-corrected chi connectivity index (χ2v) is 2.74. The summed E-state index contributed by atoms with van der Waals surface area (Å²) in [6.45, 7) is 0.799. The molecule has 0 aromatic carbocycles. The van der Waals surface area contributed by atoms with Gasteiger partial charge in [0.25, 0.3) is 0 Å². The number of hydrogen-bond acceptors (Lipinski definition) is 2. The van der Waals surface area contributed by atoms with Crippen molar-refractivity contribution in [1.82, 2.24) is 10.6 Å². The van der Waals surface area contributed by atoms with E-state index >= 15 is 0 Å². The Morgan fingerprint density at radius 3 is 3.08 bits per heavy atom. The second kappa shape index (κ2) is 4.77. The van der Waals surface area contributed by atoms with Gasteiger partial charge in [0.05, 0.1) is 6.26 Å². The lowest BCUT2D eigenvalue weighted by molar-refractivity contribution is 0.507. The third-order valence-corrected chi connectivity index (χ3v) is 1.81. The lowest BCUT2D eigenvalue weighted by Gasteiger charge is -2.04. The Hall–Kier alpha value is -1.03. The molecule has 1 aromatic heterocycles. The summed E-state index contributed by atoms with van der Waals surface area (Å²) < 4.78 is 5.15. The molecule has 66 valence electrons. The van der Waals surface area contributed by atoms with E-state index in [9.17, 15) is 0 Å². The zero-order valence-corrected chi connectivity index (χ0v) is 7.78. The van der Waals surface area contributed by atoms with Crippen molar-refractivity contribution in [3.8, 4) is 0 Å². The molecular weight excluding hydrogens is 172 g/mol. The van der Waals surface area contributed by atoms with Crippen LogP contribution in [0.5, 0.6) is 0 Å². The van der Waals surface area contributed by atoms with E-state index in [4.69, 9.17) is 16.6 Å². The summed E-state index contributed by atoms with van der Waals surface area (Å²) in [6, 6.07) is 3.83. The second-order valence-electron chi connectivity index (χ2n) is 2.34.